The van der Waals surface area contributed by atoms with Crippen LogP contribution in [0.2, 0.25) is 0 Å². The van der Waals surface area contributed by atoms with Gasteiger partial charge in [0.05, 0.1) is 11.1 Å². The van der Waals surface area contributed by atoms with Crippen LogP contribution in [0.4, 0.5) is 0 Å². The van der Waals surface area contributed by atoms with E-state index in [0.717, 1.165) is 27.8 Å². The van der Waals surface area contributed by atoms with Crippen molar-refractivity contribution in [1.82, 2.24) is 0 Å². The quantitative estimate of drug-likeness (QED) is 0.418. The summed E-state index contributed by atoms with van der Waals surface area (Å²) in [4.78, 5) is 25.6. The van der Waals surface area contributed by atoms with Crippen molar-refractivity contribution in [2.75, 3.05) is 0 Å². The zero-order valence-electron chi connectivity index (χ0n) is 17.2. The van der Waals surface area contributed by atoms with Crippen molar-refractivity contribution in [3.05, 3.63) is 99.6 Å². The predicted octanol–water partition coefficient (Wildman–Crippen LogP) is 5.70. The van der Waals surface area contributed by atoms with Gasteiger partial charge in [-0.2, -0.15) is 0 Å². The second-order valence-electron chi connectivity index (χ2n) is 7.63. The van der Waals surface area contributed by atoms with E-state index in [0.29, 0.717) is 29.0 Å². The normalized spacial score (nSPS) is 12.2. The van der Waals surface area contributed by atoms with Gasteiger partial charge in [0.1, 0.15) is 11.5 Å². The summed E-state index contributed by atoms with van der Waals surface area (Å²) < 4.78 is 11.1. The molecule has 30 heavy (non-hydrogen) atoms. The number of ether oxygens (including phenoxy) is 2. The van der Waals surface area contributed by atoms with Crippen LogP contribution < -0.4 is 9.47 Å². The number of esters is 2. The van der Waals surface area contributed by atoms with Gasteiger partial charge >= 0.3 is 11.9 Å². The highest BCUT2D eigenvalue weighted by atomic mass is 16.5. The first-order valence-electron chi connectivity index (χ1n) is 9.81. The maximum Gasteiger partial charge on any atom is 0.344 e. The first-order valence-corrected chi connectivity index (χ1v) is 9.81. The molecule has 0 aliphatic heterocycles. The van der Waals surface area contributed by atoms with Gasteiger partial charge in [0, 0.05) is 0 Å². The van der Waals surface area contributed by atoms with Crippen molar-refractivity contribution >= 4 is 18.0 Å². The molecule has 4 nitrogen and oxygen atoms in total. The Morgan fingerprint density at radius 1 is 0.667 bits per heavy atom. The molecule has 3 aromatic carbocycles. The molecule has 0 atom stereocenters. The molecule has 0 saturated carbocycles. The van der Waals surface area contributed by atoms with Crippen molar-refractivity contribution in [3.8, 4) is 11.5 Å². The molecule has 1 aliphatic carbocycles. The lowest BCUT2D eigenvalue weighted by atomic mass is 9.97. The number of rotatable bonds is 4. The fraction of sp³-hybridized carbons (Fsp3) is 0.154. The zero-order valence-corrected chi connectivity index (χ0v) is 17.2. The van der Waals surface area contributed by atoms with Crippen molar-refractivity contribution < 1.29 is 19.1 Å². The zero-order chi connectivity index (χ0) is 21.3. The minimum Gasteiger partial charge on any atom is -0.423 e. The van der Waals surface area contributed by atoms with Crippen molar-refractivity contribution in [2.45, 2.75) is 27.2 Å². The number of fused-ring (bicyclic) bond motifs is 1. The number of hydrogen-bond donors (Lipinski definition) is 0. The minimum atomic E-state index is -0.445. The van der Waals surface area contributed by atoms with Gasteiger partial charge in [0.2, 0.25) is 0 Å². The number of allylic oxidation sites excluding steroid dienone is 1. The van der Waals surface area contributed by atoms with Gasteiger partial charge in [0.15, 0.2) is 0 Å². The van der Waals surface area contributed by atoms with Crippen molar-refractivity contribution in [1.29, 1.82) is 0 Å². The molecule has 0 heterocycles. The van der Waals surface area contributed by atoms with E-state index in [9.17, 15) is 9.59 Å². The Balaban J connectivity index is 1.62. The fourth-order valence-corrected chi connectivity index (χ4v) is 3.50. The third-order valence-corrected chi connectivity index (χ3v) is 5.11. The largest absolute Gasteiger partial charge is 0.423 e. The number of aryl methyl sites for hydroxylation is 2. The summed E-state index contributed by atoms with van der Waals surface area (Å²) in [6, 6.07) is 17.9. The van der Waals surface area contributed by atoms with Crippen LogP contribution in [-0.4, -0.2) is 11.9 Å². The molecule has 0 radical (unpaired) electrons. The predicted molar refractivity (Wildman–Crippen MR) is 116 cm³/mol. The molecule has 4 heteroatoms. The van der Waals surface area contributed by atoms with E-state index >= 15 is 0 Å². The van der Waals surface area contributed by atoms with E-state index in [1.807, 2.05) is 51.1 Å². The average Bonchev–Trinajstić information content (AvgIpc) is 3.11. The molecule has 0 bridgehead atoms. The molecule has 150 valence electrons. The molecule has 3 aromatic rings. The molecule has 0 amide bonds. The Hall–Kier alpha value is -3.66. The lowest BCUT2D eigenvalue weighted by molar-refractivity contribution is 0.0719. The summed E-state index contributed by atoms with van der Waals surface area (Å²) in [5, 5.41) is 0. The summed E-state index contributed by atoms with van der Waals surface area (Å²) in [6.45, 7) is 5.92. The molecule has 0 aromatic heterocycles. The number of carbonyl (C=O) groups is 2. The molecule has 0 unspecified atom stereocenters. The third-order valence-electron chi connectivity index (χ3n) is 5.11. The topological polar surface area (TPSA) is 52.6 Å². The Kier molecular flexibility index (Phi) is 5.23. The maximum atomic E-state index is 12.8. The maximum absolute atomic E-state index is 12.8. The number of carbonyl (C=O) groups excluding carboxylic acids is 2. The molecule has 0 spiro atoms. The molecular weight excluding hydrogens is 376 g/mol. The van der Waals surface area contributed by atoms with Crippen LogP contribution >= 0.6 is 0 Å². The van der Waals surface area contributed by atoms with E-state index in [4.69, 9.17) is 9.47 Å². The van der Waals surface area contributed by atoms with Gasteiger partial charge in [-0.1, -0.05) is 47.0 Å². The highest BCUT2D eigenvalue weighted by Crippen LogP contribution is 2.32. The SMILES string of the molecule is CC1=Cc2c(C(=O)Oc3ccc(C)cc3)ccc(C(=O)Oc3ccc(C)cc3)c2C1. The molecular formula is C26H22O4. The van der Waals surface area contributed by atoms with E-state index in [2.05, 4.69) is 0 Å². The van der Waals surface area contributed by atoms with Gasteiger partial charge in [-0.3, -0.25) is 0 Å². The molecule has 0 saturated heterocycles. The first-order chi connectivity index (χ1) is 14.4. The molecule has 1 aliphatic rings. The van der Waals surface area contributed by atoms with Crippen molar-refractivity contribution in [2.24, 2.45) is 0 Å². The average molecular weight is 398 g/mol. The van der Waals surface area contributed by atoms with Crippen molar-refractivity contribution in [3.63, 3.8) is 0 Å². The Morgan fingerprint density at radius 3 is 1.67 bits per heavy atom. The van der Waals surface area contributed by atoms with Gasteiger partial charge in [-0.05, 0) is 74.7 Å². The summed E-state index contributed by atoms with van der Waals surface area (Å²) in [6.07, 6.45) is 2.53. The van der Waals surface area contributed by atoms with Gasteiger partial charge in [0.25, 0.3) is 0 Å². The van der Waals surface area contributed by atoms with E-state index in [1.54, 1.807) is 36.4 Å². The Bertz CT molecular complexity index is 1150. The Labute approximate surface area is 175 Å². The molecule has 0 fully saturated rings. The van der Waals surface area contributed by atoms with Crippen LogP contribution in [-0.2, 0) is 6.42 Å². The fourth-order valence-electron chi connectivity index (χ4n) is 3.50. The van der Waals surface area contributed by atoms with Gasteiger partial charge < -0.3 is 9.47 Å². The summed E-state index contributed by atoms with van der Waals surface area (Å²) in [5.41, 5.74) is 5.67. The van der Waals surface area contributed by atoms with Crippen LogP contribution in [0.5, 0.6) is 11.5 Å². The molecule has 4 rings (SSSR count). The van der Waals surface area contributed by atoms with Crippen LogP contribution in [0.25, 0.3) is 6.08 Å². The summed E-state index contributed by atoms with van der Waals surface area (Å²) in [7, 11) is 0. The summed E-state index contributed by atoms with van der Waals surface area (Å²) >= 11 is 0. The minimum absolute atomic E-state index is 0.434. The van der Waals surface area contributed by atoms with Crippen LogP contribution in [0, 0.1) is 13.8 Å². The van der Waals surface area contributed by atoms with Crippen LogP contribution in [0.3, 0.4) is 0 Å². The number of hydrogen-bond acceptors (Lipinski definition) is 4. The molecule has 0 N–H and O–H groups in total. The van der Waals surface area contributed by atoms with Crippen LogP contribution in [0.1, 0.15) is 49.9 Å². The standard InChI is InChI=1S/C26H22O4/c1-16-4-8-19(9-5-16)29-25(27)21-12-13-22(24-15-18(3)14-23(21)24)26(28)30-20-10-6-17(2)7-11-20/h4-14H,15H2,1-3H3. The van der Waals surface area contributed by atoms with E-state index < -0.39 is 11.9 Å². The monoisotopic (exact) mass is 398 g/mol. The number of benzene rings is 3. The lowest BCUT2D eigenvalue weighted by Crippen LogP contribution is -2.15. The lowest BCUT2D eigenvalue weighted by Gasteiger charge is -2.12. The summed E-state index contributed by atoms with van der Waals surface area (Å²) in [5.74, 6) is 0.0990. The van der Waals surface area contributed by atoms with E-state index in [1.165, 1.54) is 0 Å². The van der Waals surface area contributed by atoms with Gasteiger partial charge in [-0.25, -0.2) is 9.59 Å². The second-order valence-corrected chi connectivity index (χ2v) is 7.63. The Morgan fingerprint density at radius 2 is 1.13 bits per heavy atom. The van der Waals surface area contributed by atoms with E-state index in [-0.39, 0.29) is 0 Å². The van der Waals surface area contributed by atoms with Crippen LogP contribution in [0.15, 0.2) is 66.2 Å². The first kappa shape index (κ1) is 19.6. The second kappa shape index (κ2) is 7.99. The highest BCUT2D eigenvalue weighted by Gasteiger charge is 2.26. The van der Waals surface area contributed by atoms with Gasteiger partial charge in [-0.15, -0.1) is 0 Å². The smallest absolute Gasteiger partial charge is 0.344 e. The highest BCUT2D eigenvalue weighted by molar-refractivity contribution is 6.01. The third kappa shape index (κ3) is 4.03.